The molecule has 1 aliphatic carbocycles. The Kier molecular flexibility index (Phi) is 5.03. The lowest BCUT2D eigenvalue weighted by molar-refractivity contribution is 0.376. The Hall–Kier alpha value is -0.830. The zero-order valence-corrected chi connectivity index (χ0v) is 12.6. The van der Waals surface area contributed by atoms with Crippen molar-refractivity contribution in [3.05, 3.63) is 27.4 Å². The SMILES string of the molecule is CCCCC(CC)Cn1c(C2CC2)nc(Cl)cc1=O. The van der Waals surface area contributed by atoms with E-state index in [4.69, 9.17) is 11.6 Å². The lowest BCUT2D eigenvalue weighted by Crippen LogP contribution is -2.27. The molecule has 1 heterocycles. The number of rotatable bonds is 7. The summed E-state index contributed by atoms with van der Waals surface area (Å²) in [6.45, 7) is 5.20. The fraction of sp³-hybridized carbons (Fsp3) is 0.733. The van der Waals surface area contributed by atoms with Gasteiger partial charge in [0.15, 0.2) is 0 Å². The predicted molar refractivity (Wildman–Crippen MR) is 78.8 cm³/mol. The standard InChI is InChI=1S/C15H23ClN2O/c1-3-5-6-11(4-2)10-18-14(19)9-13(16)17-15(18)12-7-8-12/h9,11-12H,3-8,10H2,1-2H3. The number of hydrogen-bond donors (Lipinski definition) is 0. The third-order valence-electron chi connectivity index (χ3n) is 3.93. The largest absolute Gasteiger partial charge is 0.296 e. The monoisotopic (exact) mass is 282 g/mol. The van der Waals surface area contributed by atoms with Gasteiger partial charge in [0, 0.05) is 18.5 Å². The van der Waals surface area contributed by atoms with Crippen molar-refractivity contribution in [2.45, 2.75) is 64.8 Å². The van der Waals surface area contributed by atoms with Crippen LogP contribution in [-0.4, -0.2) is 9.55 Å². The zero-order chi connectivity index (χ0) is 13.8. The second kappa shape index (κ2) is 6.56. The number of hydrogen-bond acceptors (Lipinski definition) is 2. The summed E-state index contributed by atoms with van der Waals surface area (Å²) in [7, 11) is 0. The van der Waals surface area contributed by atoms with E-state index in [0.717, 1.165) is 31.6 Å². The van der Waals surface area contributed by atoms with Crippen LogP contribution in [0.5, 0.6) is 0 Å². The van der Waals surface area contributed by atoms with Gasteiger partial charge in [-0.3, -0.25) is 9.36 Å². The highest BCUT2D eigenvalue weighted by Gasteiger charge is 2.29. The van der Waals surface area contributed by atoms with Crippen molar-refractivity contribution >= 4 is 11.6 Å². The maximum Gasteiger partial charge on any atom is 0.254 e. The van der Waals surface area contributed by atoms with E-state index in [1.807, 2.05) is 4.57 Å². The Morgan fingerprint density at radius 1 is 1.47 bits per heavy atom. The fourth-order valence-electron chi connectivity index (χ4n) is 2.51. The summed E-state index contributed by atoms with van der Waals surface area (Å²) in [6, 6.07) is 1.44. The molecule has 3 nitrogen and oxygen atoms in total. The van der Waals surface area contributed by atoms with Gasteiger partial charge >= 0.3 is 0 Å². The first-order valence-electron chi connectivity index (χ1n) is 7.43. The van der Waals surface area contributed by atoms with Crippen molar-refractivity contribution in [3.63, 3.8) is 0 Å². The Morgan fingerprint density at radius 3 is 2.79 bits per heavy atom. The van der Waals surface area contributed by atoms with Gasteiger partial charge in [-0.1, -0.05) is 44.7 Å². The van der Waals surface area contributed by atoms with Crippen LogP contribution in [0, 0.1) is 5.92 Å². The van der Waals surface area contributed by atoms with Crippen LogP contribution in [0.3, 0.4) is 0 Å². The maximum absolute atomic E-state index is 12.2. The van der Waals surface area contributed by atoms with Crippen molar-refractivity contribution in [2.24, 2.45) is 5.92 Å². The van der Waals surface area contributed by atoms with Gasteiger partial charge in [-0.25, -0.2) is 4.98 Å². The average molecular weight is 283 g/mol. The van der Waals surface area contributed by atoms with E-state index in [0.29, 0.717) is 17.0 Å². The van der Waals surface area contributed by atoms with Crippen LogP contribution in [-0.2, 0) is 6.54 Å². The van der Waals surface area contributed by atoms with E-state index < -0.39 is 0 Å². The molecular formula is C15H23ClN2O. The number of unbranched alkanes of at least 4 members (excludes halogenated alkanes) is 1. The molecule has 0 radical (unpaired) electrons. The molecule has 1 aromatic rings. The molecule has 1 aromatic heterocycles. The quantitative estimate of drug-likeness (QED) is 0.709. The number of halogens is 1. The van der Waals surface area contributed by atoms with Crippen LogP contribution in [0.2, 0.25) is 5.15 Å². The van der Waals surface area contributed by atoms with Crippen molar-refractivity contribution in [1.82, 2.24) is 9.55 Å². The van der Waals surface area contributed by atoms with Crippen LogP contribution in [0.15, 0.2) is 10.9 Å². The molecule has 1 unspecified atom stereocenters. The van der Waals surface area contributed by atoms with Gasteiger partial charge in [0.2, 0.25) is 0 Å². The van der Waals surface area contributed by atoms with Crippen LogP contribution in [0.25, 0.3) is 0 Å². The first-order chi connectivity index (χ1) is 9.15. The molecule has 0 aromatic carbocycles. The van der Waals surface area contributed by atoms with E-state index in [1.54, 1.807) is 0 Å². The molecule has 106 valence electrons. The highest BCUT2D eigenvalue weighted by molar-refractivity contribution is 6.29. The summed E-state index contributed by atoms with van der Waals surface area (Å²) in [6.07, 6.45) is 7.01. The Balaban J connectivity index is 2.20. The topological polar surface area (TPSA) is 34.9 Å². The van der Waals surface area contributed by atoms with Crippen LogP contribution >= 0.6 is 11.6 Å². The average Bonchev–Trinajstić information content (AvgIpc) is 3.20. The van der Waals surface area contributed by atoms with Gasteiger partial charge in [0.05, 0.1) is 0 Å². The fourth-order valence-corrected chi connectivity index (χ4v) is 2.69. The minimum Gasteiger partial charge on any atom is -0.296 e. The molecular weight excluding hydrogens is 260 g/mol. The Morgan fingerprint density at radius 2 is 2.21 bits per heavy atom. The summed E-state index contributed by atoms with van der Waals surface area (Å²) >= 11 is 5.92. The summed E-state index contributed by atoms with van der Waals surface area (Å²) in [4.78, 5) is 16.5. The Bertz CT molecular complexity index is 480. The second-order valence-electron chi connectivity index (χ2n) is 5.58. The van der Waals surface area contributed by atoms with Gasteiger partial charge in [0.1, 0.15) is 11.0 Å². The summed E-state index contributed by atoms with van der Waals surface area (Å²) in [5.74, 6) is 1.93. The van der Waals surface area contributed by atoms with Crippen LogP contribution in [0.4, 0.5) is 0 Å². The van der Waals surface area contributed by atoms with E-state index in [1.165, 1.54) is 25.3 Å². The summed E-state index contributed by atoms with van der Waals surface area (Å²) in [5.41, 5.74) is 0.0110. The number of nitrogens with zero attached hydrogens (tertiary/aromatic N) is 2. The smallest absolute Gasteiger partial charge is 0.254 e. The molecule has 19 heavy (non-hydrogen) atoms. The highest BCUT2D eigenvalue weighted by atomic mass is 35.5. The van der Waals surface area contributed by atoms with Gasteiger partial charge in [-0.2, -0.15) is 0 Å². The first kappa shape index (κ1) is 14.6. The highest BCUT2D eigenvalue weighted by Crippen LogP contribution is 2.39. The lowest BCUT2D eigenvalue weighted by atomic mass is 9.99. The maximum atomic E-state index is 12.2. The molecule has 2 rings (SSSR count). The van der Waals surface area contributed by atoms with Gasteiger partial charge in [-0.15, -0.1) is 0 Å². The minimum absolute atomic E-state index is 0.0110. The second-order valence-corrected chi connectivity index (χ2v) is 5.96. The van der Waals surface area contributed by atoms with Gasteiger partial charge < -0.3 is 0 Å². The van der Waals surface area contributed by atoms with E-state index >= 15 is 0 Å². The lowest BCUT2D eigenvalue weighted by Gasteiger charge is -2.18. The zero-order valence-electron chi connectivity index (χ0n) is 11.9. The molecule has 0 spiro atoms. The van der Waals surface area contributed by atoms with Crippen molar-refractivity contribution in [3.8, 4) is 0 Å². The van der Waals surface area contributed by atoms with E-state index in [-0.39, 0.29) is 5.56 Å². The third-order valence-corrected chi connectivity index (χ3v) is 4.13. The van der Waals surface area contributed by atoms with E-state index in [2.05, 4.69) is 18.8 Å². The number of aromatic nitrogens is 2. The predicted octanol–water partition coefficient (Wildman–Crippen LogP) is 3.99. The van der Waals surface area contributed by atoms with Gasteiger partial charge in [-0.05, 0) is 25.2 Å². The summed E-state index contributed by atoms with van der Waals surface area (Å²) in [5, 5.41) is 0.338. The van der Waals surface area contributed by atoms with Gasteiger partial charge in [0.25, 0.3) is 5.56 Å². The van der Waals surface area contributed by atoms with Crippen LogP contribution < -0.4 is 5.56 Å². The normalized spacial score (nSPS) is 16.6. The van der Waals surface area contributed by atoms with E-state index in [9.17, 15) is 4.79 Å². The molecule has 0 aliphatic heterocycles. The molecule has 1 fully saturated rings. The molecule has 0 bridgehead atoms. The van der Waals surface area contributed by atoms with Crippen LogP contribution in [0.1, 0.15) is 64.1 Å². The minimum atomic E-state index is 0.0110. The molecule has 0 N–H and O–H groups in total. The van der Waals surface area contributed by atoms with Crippen molar-refractivity contribution in [1.29, 1.82) is 0 Å². The molecule has 0 saturated heterocycles. The summed E-state index contributed by atoms with van der Waals surface area (Å²) < 4.78 is 1.87. The molecule has 4 heteroatoms. The Labute approximate surface area is 120 Å². The molecule has 1 saturated carbocycles. The van der Waals surface area contributed by atoms with Crippen molar-refractivity contribution < 1.29 is 0 Å². The molecule has 0 amide bonds. The molecule has 1 aliphatic rings. The van der Waals surface area contributed by atoms with Crippen molar-refractivity contribution in [2.75, 3.05) is 0 Å². The third kappa shape index (κ3) is 3.82. The molecule has 1 atom stereocenters. The first-order valence-corrected chi connectivity index (χ1v) is 7.80.